The Morgan fingerprint density at radius 3 is 2.45 bits per heavy atom. The van der Waals surface area contributed by atoms with Crippen LogP contribution in [0.5, 0.6) is 0 Å². The standard InChI is InChI=1S/C22H34FN3O7/c1-11-8-21(29,10-26-9-12-5-4-6-13(23)7-12)22(30)20(31-11)32-19-17(28)14(24-2)16(27)15(25-3)18(19)33-22/h4-7,11,14-20,24-30H,8-10H2,1-3H3/t11-,14-,15+,16+,17+,18-,19?,20+,21-,22-/m1/s1. The molecule has 1 unspecified atom stereocenters. The van der Waals surface area contributed by atoms with Gasteiger partial charge in [0.15, 0.2) is 0 Å². The minimum absolute atomic E-state index is 0.0331. The van der Waals surface area contributed by atoms with E-state index in [1.807, 2.05) is 0 Å². The van der Waals surface area contributed by atoms with Gasteiger partial charge in [0.05, 0.1) is 24.3 Å². The highest BCUT2D eigenvalue weighted by Crippen LogP contribution is 2.46. The van der Waals surface area contributed by atoms with Gasteiger partial charge in [-0.3, -0.25) is 0 Å². The van der Waals surface area contributed by atoms with Crippen molar-refractivity contribution in [1.29, 1.82) is 0 Å². The Bertz CT molecular complexity index is 837. The van der Waals surface area contributed by atoms with Gasteiger partial charge in [0.25, 0.3) is 0 Å². The van der Waals surface area contributed by atoms with Gasteiger partial charge in [0.2, 0.25) is 12.1 Å². The average Bonchev–Trinajstić information content (AvgIpc) is 2.75. The summed E-state index contributed by atoms with van der Waals surface area (Å²) >= 11 is 0. The van der Waals surface area contributed by atoms with Gasteiger partial charge in [0.1, 0.15) is 29.7 Å². The molecule has 11 heteroatoms. The third-order valence-electron chi connectivity index (χ3n) is 6.98. The highest BCUT2D eigenvalue weighted by molar-refractivity contribution is 5.17. The second-order valence-electron chi connectivity index (χ2n) is 9.24. The van der Waals surface area contributed by atoms with Crippen molar-refractivity contribution >= 4 is 0 Å². The molecule has 3 aliphatic rings. The molecule has 0 amide bonds. The van der Waals surface area contributed by atoms with Crippen molar-refractivity contribution in [3.05, 3.63) is 35.6 Å². The van der Waals surface area contributed by atoms with Gasteiger partial charge in [0, 0.05) is 19.5 Å². The summed E-state index contributed by atoms with van der Waals surface area (Å²) in [5.41, 5.74) is -1.16. The van der Waals surface area contributed by atoms with Crippen molar-refractivity contribution in [3.8, 4) is 0 Å². The molecule has 10 atom stereocenters. The lowest BCUT2D eigenvalue weighted by atomic mass is 9.77. The lowest BCUT2D eigenvalue weighted by Crippen LogP contribution is -2.81. The van der Waals surface area contributed by atoms with E-state index in [9.17, 15) is 24.8 Å². The molecule has 0 spiro atoms. The van der Waals surface area contributed by atoms with Crippen LogP contribution in [0.25, 0.3) is 0 Å². The Morgan fingerprint density at radius 1 is 1.06 bits per heavy atom. The second-order valence-corrected chi connectivity index (χ2v) is 9.24. The van der Waals surface area contributed by atoms with Crippen LogP contribution in [-0.2, 0) is 20.8 Å². The molecule has 3 fully saturated rings. The molecule has 2 heterocycles. The topological polar surface area (TPSA) is 145 Å². The normalized spacial score (nSPS) is 45.3. The largest absolute Gasteiger partial charge is 0.390 e. The minimum Gasteiger partial charge on any atom is -0.390 e. The molecule has 1 aromatic rings. The summed E-state index contributed by atoms with van der Waals surface area (Å²) in [6, 6.07) is 4.66. The number of halogens is 1. The van der Waals surface area contributed by atoms with Crippen LogP contribution in [0.1, 0.15) is 18.9 Å². The van der Waals surface area contributed by atoms with Crippen LogP contribution in [-0.4, -0.2) is 101 Å². The molecule has 4 rings (SSSR count). The quantitative estimate of drug-likeness (QED) is 0.253. The van der Waals surface area contributed by atoms with Crippen LogP contribution < -0.4 is 16.0 Å². The van der Waals surface area contributed by atoms with Crippen molar-refractivity contribution in [2.75, 3.05) is 20.6 Å². The molecular weight excluding hydrogens is 437 g/mol. The van der Waals surface area contributed by atoms with Gasteiger partial charge in [-0.15, -0.1) is 0 Å². The Kier molecular flexibility index (Phi) is 7.10. The van der Waals surface area contributed by atoms with Gasteiger partial charge in [-0.05, 0) is 38.7 Å². The average molecular weight is 472 g/mol. The molecule has 33 heavy (non-hydrogen) atoms. The van der Waals surface area contributed by atoms with Crippen LogP contribution in [0.2, 0.25) is 0 Å². The summed E-state index contributed by atoms with van der Waals surface area (Å²) in [6.45, 7) is 1.89. The van der Waals surface area contributed by atoms with E-state index in [4.69, 9.17) is 14.2 Å². The lowest BCUT2D eigenvalue weighted by molar-refractivity contribution is -0.482. The number of aliphatic hydroxyl groups excluding tert-OH is 2. The molecule has 1 aromatic carbocycles. The van der Waals surface area contributed by atoms with E-state index in [2.05, 4.69) is 16.0 Å². The molecule has 0 radical (unpaired) electrons. The maximum atomic E-state index is 13.5. The van der Waals surface area contributed by atoms with Crippen molar-refractivity contribution in [2.45, 2.75) is 80.2 Å². The number of hydrogen-bond acceptors (Lipinski definition) is 10. The zero-order chi connectivity index (χ0) is 24.0. The van der Waals surface area contributed by atoms with Crippen LogP contribution >= 0.6 is 0 Å². The summed E-state index contributed by atoms with van der Waals surface area (Å²) in [5, 5.41) is 53.6. The molecule has 2 saturated heterocycles. The maximum Gasteiger partial charge on any atom is 0.249 e. The fourth-order valence-corrected chi connectivity index (χ4v) is 5.29. The third-order valence-corrected chi connectivity index (χ3v) is 6.98. The Morgan fingerprint density at radius 2 is 1.79 bits per heavy atom. The van der Waals surface area contributed by atoms with E-state index in [-0.39, 0.29) is 25.3 Å². The first kappa shape index (κ1) is 24.9. The molecule has 0 aromatic heterocycles. The van der Waals surface area contributed by atoms with E-state index in [0.29, 0.717) is 5.56 Å². The van der Waals surface area contributed by atoms with Crippen LogP contribution in [0, 0.1) is 5.82 Å². The van der Waals surface area contributed by atoms with Crippen LogP contribution in [0.15, 0.2) is 24.3 Å². The predicted octanol–water partition coefficient (Wildman–Crippen LogP) is -1.83. The Hall–Kier alpha value is -1.25. The highest BCUT2D eigenvalue weighted by atomic mass is 19.1. The summed E-state index contributed by atoms with van der Waals surface area (Å²) in [4.78, 5) is 0. The lowest BCUT2D eigenvalue weighted by Gasteiger charge is -2.60. The van der Waals surface area contributed by atoms with Crippen LogP contribution in [0.3, 0.4) is 0 Å². The van der Waals surface area contributed by atoms with E-state index >= 15 is 0 Å². The SMILES string of the molecule is CN[C@@H]1[C@H](O)[C@H](NC)[C@H]2O[C@]3(O)[C@H](OC2[C@H]1O)O[C@H](C)C[C@@]3(O)CNCc1cccc(F)c1. The molecule has 10 nitrogen and oxygen atoms in total. The first-order valence-corrected chi connectivity index (χ1v) is 11.2. The van der Waals surface area contributed by atoms with Gasteiger partial charge in [-0.1, -0.05) is 12.1 Å². The van der Waals surface area contributed by atoms with Crippen molar-refractivity contribution < 1.29 is 39.0 Å². The molecule has 1 aliphatic carbocycles. The Labute approximate surface area is 192 Å². The van der Waals surface area contributed by atoms with Crippen LogP contribution in [0.4, 0.5) is 4.39 Å². The predicted molar refractivity (Wildman–Crippen MR) is 114 cm³/mol. The van der Waals surface area contributed by atoms with E-state index in [1.165, 1.54) is 12.1 Å². The minimum atomic E-state index is -2.28. The molecule has 0 bridgehead atoms. The molecular formula is C22H34FN3O7. The summed E-state index contributed by atoms with van der Waals surface area (Å²) in [7, 11) is 3.24. The zero-order valence-electron chi connectivity index (χ0n) is 18.9. The fourth-order valence-electron chi connectivity index (χ4n) is 5.29. The molecule has 1 saturated carbocycles. The number of likely N-dealkylation sites (N-methyl/N-ethyl adjacent to an activating group) is 2. The molecule has 7 N–H and O–H groups in total. The summed E-state index contributed by atoms with van der Waals surface area (Å²) in [5.74, 6) is -2.65. The summed E-state index contributed by atoms with van der Waals surface area (Å²) < 4.78 is 31.3. The fraction of sp³-hybridized carbons (Fsp3) is 0.727. The number of benzene rings is 1. The second kappa shape index (κ2) is 9.42. The summed E-state index contributed by atoms with van der Waals surface area (Å²) in [6.07, 6.45) is -5.93. The number of fused-ring (bicyclic) bond motifs is 2. The maximum absolute atomic E-state index is 13.5. The number of aliphatic hydroxyl groups is 4. The highest BCUT2D eigenvalue weighted by Gasteiger charge is 2.68. The first-order chi connectivity index (χ1) is 15.6. The third kappa shape index (κ3) is 4.31. The van der Waals surface area contributed by atoms with E-state index in [0.717, 1.165) is 0 Å². The van der Waals surface area contributed by atoms with E-state index in [1.54, 1.807) is 33.2 Å². The van der Waals surface area contributed by atoms with Gasteiger partial charge in [-0.25, -0.2) is 4.39 Å². The molecule has 2 aliphatic heterocycles. The van der Waals surface area contributed by atoms with Crippen molar-refractivity contribution in [2.24, 2.45) is 0 Å². The Balaban J connectivity index is 1.57. The zero-order valence-corrected chi connectivity index (χ0v) is 18.9. The van der Waals surface area contributed by atoms with E-state index < -0.39 is 60.3 Å². The number of ether oxygens (including phenoxy) is 3. The van der Waals surface area contributed by atoms with Crippen molar-refractivity contribution in [3.63, 3.8) is 0 Å². The smallest absolute Gasteiger partial charge is 0.249 e. The first-order valence-electron chi connectivity index (χ1n) is 11.2. The van der Waals surface area contributed by atoms with Gasteiger partial charge in [-0.2, -0.15) is 0 Å². The molecule has 186 valence electrons. The van der Waals surface area contributed by atoms with Crippen molar-refractivity contribution in [1.82, 2.24) is 16.0 Å². The number of rotatable bonds is 6. The van der Waals surface area contributed by atoms with Gasteiger partial charge >= 0.3 is 0 Å². The monoisotopic (exact) mass is 471 g/mol. The number of hydrogen-bond donors (Lipinski definition) is 7. The van der Waals surface area contributed by atoms with Gasteiger partial charge < -0.3 is 50.6 Å². The number of nitrogens with one attached hydrogen (secondary N) is 3.